The van der Waals surface area contributed by atoms with Crippen LogP contribution in [-0.2, 0) is 6.54 Å². The number of hydrogen-bond donors (Lipinski definition) is 1. The van der Waals surface area contributed by atoms with Crippen molar-refractivity contribution in [3.8, 4) is 5.75 Å². The van der Waals surface area contributed by atoms with Crippen LogP contribution < -0.4 is 0 Å². The normalized spacial score (nSPS) is 11.4. The van der Waals surface area contributed by atoms with Crippen molar-refractivity contribution in [1.82, 2.24) is 4.90 Å². The van der Waals surface area contributed by atoms with E-state index in [1.165, 1.54) is 0 Å². The number of halogens is 1. The number of benzene rings is 1. The molecule has 1 rings (SSSR count). The maximum absolute atomic E-state index is 9.82. The lowest BCUT2D eigenvalue weighted by Crippen LogP contribution is -2.29. The fourth-order valence-corrected chi connectivity index (χ4v) is 2.19. The van der Waals surface area contributed by atoms with Crippen LogP contribution in [0, 0.1) is 0 Å². The molecule has 0 fully saturated rings. The minimum Gasteiger partial charge on any atom is -0.506 e. The number of para-hydroxylation sites is 1. The monoisotopic (exact) mass is 241 g/mol. The van der Waals surface area contributed by atoms with Crippen LogP contribution in [0.4, 0.5) is 0 Å². The molecule has 2 nitrogen and oxygen atoms in total. The van der Waals surface area contributed by atoms with E-state index in [4.69, 9.17) is 11.6 Å². The van der Waals surface area contributed by atoms with E-state index in [2.05, 4.69) is 25.8 Å². The van der Waals surface area contributed by atoms with E-state index in [-0.39, 0.29) is 5.75 Å². The first-order valence-electron chi connectivity index (χ1n) is 5.76. The molecule has 0 aliphatic carbocycles. The first-order chi connectivity index (χ1) is 7.60. The molecule has 0 atom stereocenters. The number of hydrogen-bond acceptors (Lipinski definition) is 2. The van der Waals surface area contributed by atoms with Crippen LogP contribution in [-0.4, -0.2) is 23.1 Å². The molecular formula is C13H20ClNO. The van der Waals surface area contributed by atoms with E-state index in [9.17, 15) is 5.11 Å². The van der Waals surface area contributed by atoms with E-state index >= 15 is 0 Å². The molecule has 0 bridgehead atoms. The van der Waals surface area contributed by atoms with Gasteiger partial charge in [-0.2, -0.15) is 0 Å². The second-order valence-corrected chi connectivity index (χ2v) is 4.54. The zero-order valence-corrected chi connectivity index (χ0v) is 11.0. The Balaban J connectivity index is 2.76. The zero-order chi connectivity index (χ0) is 12.1. The maximum Gasteiger partial charge on any atom is 0.138 e. The van der Waals surface area contributed by atoms with Crippen LogP contribution in [0.1, 0.15) is 32.3 Å². The van der Waals surface area contributed by atoms with Gasteiger partial charge in [0.2, 0.25) is 0 Å². The third-order valence-corrected chi connectivity index (χ3v) is 3.36. The summed E-state index contributed by atoms with van der Waals surface area (Å²) in [4.78, 5) is 2.26. The number of phenols is 1. The summed E-state index contributed by atoms with van der Waals surface area (Å²) in [5.41, 5.74) is 0.891. The van der Waals surface area contributed by atoms with E-state index in [0.29, 0.717) is 11.1 Å². The van der Waals surface area contributed by atoms with Gasteiger partial charge in [-0.1, -0.05) is 37.6 Å². The van der Waals surface area contributed by atoms with Crippen molar-refractivity contribution < 1.29 is 5.11 Å². The summed E-state index contributed by atoms with van der Waals surface area (Å²) in [6, 6.07) is 6.05. The smallest absolute Gasteiger partial charge is 0.138 e. The fraction of sp³-hybridized carbons (Fsp3) is 0.538. The van der Waals surface area contributed by atoms with Crippen molar-refractivity contribution in [2.45, 2.75) is 39.3 Å². The summed E-state index contributed by atoms with van der Waals surface area (Å²) in [7, 11) is 2.08. The van der Waals surface area contributed by atoms with Crippen molar-refractivity contribution in [2.75, 3.05) is 7.05 Å². The van der Waals surface area contributed by atoms with Gasteiger partial charge in [0.05, 0.1) is 5.02 Å². The van der Waals surface area contributed by atoms with Gasteiger partial charge in [0.15, 0.2) is 0 Å². The molecule has 0 saturated heterocycles. The Morgan fingerprint density at radius 3 is 2.50 bits per heavy atom. The summed E-state index contributed by atoms with van der Waals surface area (Å²) in [6.07, 6.45) is 2.24. The van der Waals surface area contributed by atoms with Crippen LogP contribution in [0.2, 0.25) is 5.02 Å². The summed E-state index contributed by atoms with van der Waals surface area (Å²) in [6.45, 7) is 5.10. The highest BCUT2D eigenvalue weighted by atomic mass is 35.5. The van der Waals surface area contributed by atoms with Crippen molar-refractivity contribution in [3.05, 3.63) is 28.8 Å². The summed E-state index contributed by atoms with van der Waals surface area (Å²) in [5, 5.41) is 10.2. The van der Waals surface area contributed by atoms with Crippen molar-refractivity contribution in [3.63, 3.8) is 0 Å². The number of phenolic OH excluding ortho intramolecular Hbond substituents is 1. The van der Waals surface area contributed by atoms with Gasteiger partial charge in [-0.15, -0.1) is 0 Å². The first-order valence-corrected chi connectivity index (χ1v) is 6.14. The number of rotatable bonds is 5. The van der Waals surface area contributed by atoms with Gasteiger partial charge < -0.3 is 5.11 Å². The molecular weight excluding hydrogens is 222 g/mol. The molecule has 0 unspecified atom stereocenters. The summed E-state index contributed by atoms with van der Waals surface area (Å²) in [5.74, 6) is 0.210. The second kappa shape index (κ2) is 6.12. The Labute approximate surface area is 103 Å². The highest BCUT2D eigenvalue weighted by Crippen LogP contribution is 2.28. The Morgan fingerprint density at radius 1 is 1.31 bits per heavy atom. The molecule has 0 saturated carbocycles. The zero-order valence-electron chi connectivity index (χ0n) is 10.2. The van der Waals surface area contributed by atoms with Gasteiger partial charge in [0, 0.05) is 18.2 Å². The van der Waals surface area contributed by atoms with Crippen LogP contribution in [0.15, 0.2) is 18.2 Å². The Hall–Kier alpha value is -0.730. The predicted octanol–water partition coefficient (Wildman–Crippen LogP) is 3.67. The van der Waals surface area contributed by atoms with Crippen LogP contribution in [0.25, 0.3) is 0 Å². The molecule has 0 radical (unpaired) electrons. The Morgan fingerprint density at radius 2 is 1.94 bits per heavy atom. The van der Waals surface area contributed by atoms with Crippen molar-refractivity contribution in [1.29, 1.82) is 0 Å². The molecule has 1 aromatic rings. The molecule has 16 heavy (non-hydrogen) atoms. The SMILES string of the molecule is CCC(CC)N(C)Cc1cccc(Cl)c1O. The average molecular weight is 242 g/mol. The molecule has 0 aliphatic heterocycles. The first kappa shape index (κ1) is 13.3. The third-order valence-electron chi connectivity index (χ3n) is 3.06. The maximum atomic E-state index is 9.82. The summed E-state index contributed by atoms with van der Waals surface area (Å²) < 4.78 is 0. The molecule has 3 heteroatoms. The lowest BCUT2D eigenvalue weighted by Gasteiger charge is -2.26. The van der Waals surface area contributed by atoms with Gasteiger partial charge in [-0.25, -0.2) is 0 Å². The molecule has 1 aromatic carbocycles. The fourth-order valence-electron chi connectivity index (χ4n) is 2.00. The van der Waals surface area contributed by atoms with Gasteiger partial charge in [0.1, 0.15) is 5.75 Å². The molecule has 0 spiro atoms. The second-order valence-electron chi connectivity index (χ2n) is 4.13. The lowest BCUT2D eigenvalue weighted by atomic mass is 10.1. The van der Waals surface area contributed by atoms with Gasteiger partial charge in [-0.05, 0) is 26.0 Å². The van der Waals surface area contributed by atoms with Crippen LogP contribution in [0.3, 0.4) is 0 Å². The molecule has 0 heterocycles. The molecule has 0 amide bonds. The van der Waals surface area contributed by atoms with Crippen molar-refractivity contribution >= 4 is 11.6 Å². The van der Waals surface area contributed by atoms with Crippen molar-refractivity contribution in [2.24, 2.45) is 0 Å². The van der Waals surface area contributed by atoms with Gasteiger partial charge >= 0.3 is 0 Å². The summed E-state index contributed by atoms with van der Waals surface area (Å²) >= 11 is 5.88. The van der Waals surface area contributed by atoms with Gasteiger partial charge in [0.25, 0.3) is 0 Å². The van der Waals surface area contributed by atoms with Crippen LogP contribution >= 0.6 is 11.6 Å². The van der Waals surface area contributed by atoms with E-state index < -0.39 is 0 Å². The Bertz CT molecular complexity index is 337. The van der Waals surface area contributed by atoms with Crippen LogP contribution in [0.5, 0.6) is 5.75 Å². The largest absolute Gasteiger partial charge is 0.506 e. The van der Waals surface area contributed by atoms with E-state index in [1.807, 2.05) is 12.1 Å². The molecule has 0 aliphatic rings. The van der Waals surface area contributed by atoms with E-state index in [0.717, 1.165) is 24.9 Å². The Kier molecular flexibility index (Phi) is 5.10. The number of nitrogens with zero attached hydrogens (tertiary/aromatic N) is 1. The lowest BCUT2D eigenvalue weighted by molar-refractivity contribution is 0.219. The van der Waals surface area contributed by atoms with E-state index in [1.54, 1.807) is 6.07 Å². The minimum atomic E-state index is 0.210. The molecule has 0 aromatic heterocycles. The quantitative estimate of drug-likeness (QED) is 0.851. The highest BCUT2D eigenvalue weighted by molar-refractivity contribution is 6.32. The van der Waals surface area contributed by atoms with Gasteiger partial charge in [-0.3, -0.25) is 4.90 Å². The highest BCUT2D eigenvalue weighted by Gasteiger charge is 2.13. The predicted molar refractivity (Wildman–Crippen MR) is 69.0 cm³/mol. The standard InChI is InChI=1S/C13H20ClNO/c1-4-11(5-2)15(3)9-10-7-6-8-12(14)13(10)16/h6-8,11,16H,4-5,9H2,1-3H3. The topological polar surface area (TPSA) is 23.5 Å². The minimum absolute atomic E-state index is 0.210. The molecule has 1 N–H and O–H groups in total. The third kappa shape index (κ3) is 3.13. The average Bonchev–Trinajstić information content (AvgIpc) is 2.26. The molecule has 90 valence electrons. The number of aromatic hydroxyl groups is 1.